The van der Waals surface area contributed by atoms with E-state index in [2.05, 4.69) is 0 Å². The molecular formula is C13H17NO4. The Balaban J connectivity index is 2.15. The van der Waals surface area contributed by atoms with E-state index < -0.39 is 5.97 Å². The largest absolute Gasteiger partial charge is 0.486 e. The van der Waals surface area contributed by atoms with Crippen LogP contribution in [0.4, 0.5) is 5.69 Å². The van der Waals surface area contributed by atoms with Gasteiger partial charge in [0, 0.05) is 6.42 Å². The Morgan fingerprint density at radius 3 is 3.06 bits per heavy atom. The van der Waals surface area contributed by atoms with Gasteiger partial charge < -0.3 is 19.9 Å². The highest BCUT2D eigenvalue weighted by Crippen LogP contribution is 2.28. The first-order chi connectivity index (χ1) is 8.72. The van der Waals surface area contributed by atoms with Crippen molar-refractivity contribution in [3.05, 3.63) is 23.8 Å². The predicted molar refractivity (Wildman–Crippen MR) is 66.7 cm³/mol. The fourth-order valence-corrected chi connectivity index (χ4v) is 1.82. The highest BCUT2D eigenvalue weighted by molar-refractivity contribution is 5.96. The zero-order chi connectivity index (χ0) is 13.0. The molecule has 1 atom stereocenters. The molecule has 0 bridgehead atoms. The van der Waals surface area contributed by atoms with Crippen LogP contribution in [0.3, 0.4) is 0 Å². The number of benzene rings is 1. The van der Waals surface area contributed by atoms with E-state index in [0.717, 1.165) is 6.42 Å². The summed E-state index contributed by atoms with van der Waals surface area (Å²) >= 11 is 0. The van der Waals surface area contributed by atoms with Crippen molar-refractivity contribution >= 4 is 11.7 Å². The molecule has 0 aliphatic carbocycles. The number of rotatable bonds is 4. The number of para-hydroxylation sites is 1. The Morgan fingerprint density at radius 1 is 1.56 bits per heavy atom. The highest BCUT2D eigenvalue weighted by Gasteiger charge is 2.20. The van der Waals surface area contributed by atoms with E-state index in [0.29, 0.717) is 36.8 Å². The van der Waals surface area contributed by atoms with Crippen molar-refractivity contribution < 1.29 is 19.0 Å². The van der Waals surface area contributed by atoms with Crippen molar-refractivity contribution in [2.75, 3.05) is 25.6 Å². The van der Waals surface area contributed by atoms with E-state index in [4.69, 9.17) is 19.9 Å². The number of esters is 1. The van der Waals surface area contributed by atoms with E-state index in [1.54, 1.807) is 25.1 Å². The number of hydrogen-bond donors (Lipinski definition) is 1. The van der Waals surface area contributed by atoms with Crippen LogP contribution < -0.4 is 10.5 Å². The summed E-state index contributed by atoms with van der Waals surface area (Å²) in [5.74, 6) is 0.0826. The summed E-state index contributed by atoms with van der Waals surface area (Å²) in [4.78, 5) is 11.7. The van der Waals surface area contributed by atoms with Crippen LogP contribution in [0, 0.1) is 0 Å². The standard InChI is InChI=1S/C13H17NO4/c1-2-17-13(15)10-4-3-5-11(12(10)14)18-9-6-7-16-8-9/h3-5,9H,2,6-8,14H2,1H3. The molecule has 1 heterocycles. The van der Waals surface area contributed by atoms with Crippen LogP contribution in [0.5, 0.6) is 5.75 Å². The van der Waals surface area contributed by atoms with Gasteiger partial charge in [-0.15, -0.1) is 0 Å². The minimum absolute atomic E-state index is 0.00439. The topological polar surface area (TPSA) is 70.8 Å². The van der Waals surface area contributed by atoms with Gasteiger partial charge in [-0.1, -0.05) is 6.07 Å². The van der Waals surface area contributed by atoms with Crippen molar-refractivity contribution in [2.45, 2.75) is 19.4 Å². The number of anilines is 1. The summed E-state index contributed by atoms with van der Waals surface area (Å²) in [6, 6.07) is 5.11. The quantitative estimate of drug-likeness (QED) is 0.650. The Morgan fingerprint density at radius 2 is 2.39 bits per heavy atom. The van der Waals surface area contributed by atoms with Crippen LogP contribution in [0.1, 0.15) is 23.7 Å². The second kappa shape index (κ2) is 5.73. The lowest BCUT2D eigenvalue weighted by Crippen LogP contribution is -2.17. The summed E-state index contributed by atoms with van der Waals surface area (Å²) in [5, 5.41) is 0. The van der Waals surface area contributed by atoms with Crippen molar-refractivity contribution in [1.82, 2.24) is 0 Å². The Kier molecular flexibility index (Phi) is 4.04. The summed E-state index contributed by atoms with van der Waals surface area (Å²) in [6.45, 7) is 3.33. The minimum atomic E-state index is -0.428. The monoisotopic (exact) mass is 251 g/mol. The van der Waals surface area contributed by atoms with Crippen molar-refractivity contribution in [3.8, 4) is 5.75 Å². The van der Waals surface area contributed by atoms with Gasteiger partial charge in [0.15, 0.2) is 0 Å². The first-order valence-electron chi connectivity index (χ1n) is 6.02. The molecule has 1 aromatic rings. The fourth-order valence-electron chi connectivity index (χ4n) is 1.82. The van der Waals surface area contributed by atoms with E-state index in [1.165, 1.54) is 0 Å². The summed E-state index contributed by atoms with van der Waals surface area (Å²) < 4.78 is 15.9. The number of hydrogen-bond acceptors (Lipinski definition) is 5. The average Bonchev–Trinajstić information content (AvgIpc) is 2.85. The predicted octanol–water partition coefficient (Wildman–Crippen LogP) is 1.61. The van der Waals surface area contributed by atoms with Crippen molar-refractivity contribution in [3.63, 3.8) is 0 Å². The molecule has 0 aromatic heterocycles. The maximum absolute atomic E-state index is 11.7. The molecule has 1 aromatic carbocycles. The van der Waals surface area contributed by atoms with Gasteiger partial charge in [0.25, 0.3) is 0 Å². The number of nitrogen functional groups attached to an aromatic ring is 1. The Labute approximate surface area is 106 Å². The Bertz CT molecular complexity index is 427. The second-order valence-corrected chi connectivity index (χ2v) is 4.04. The van der Waals surface area contributed by atoms with E-state index in [9.17, 15) is 4.79 Å². The average molecular weight is 251 g/mol. The van der Waals surface area contributed by atoms with Crippen LogP contribution in [0.2, 0.25) is 0 Å². The lowest BCUT2D eigenvalue weighted by atomic mass is 10.1. The maximum atomic E-state index is 11.7. The Hall–Kier alpha value is -1.75. The molecule has 18 heavy (non-hydrogen) atoms. The van der Waals surface area contributed by atoms with Crippen molar-refractivity contribution in [2.24, 2.45) is 0 Å². The van der Waals surface area contributed by atoms with E-state index in [-0.39, 0.29) is 6.10 Å². The highest BCUT2D eigenvalue weighted by atomic mass is 16.5. The minimum Gasteiger partial charge on any atom is -0.486 e. The van der Waals surface area contributed by atoms with Gasteiger partial charge in [-0.25, -0.2) is 4.79 Å². The van der Waals surface area contributed by atoms with Gasteiger partial charge in [0.2, 0.25) is 0 Å². The van der Waals surface area contributed by atoms with Gasteiger partial charge in [-0.2, -0.15) is 0 Å². The lowest BCUT2D eigenvalue weighted by Gasteiger charge is -2.15. The third-order valence-corrected chi connectivity index (χ3v) is 2.74. The van der Waals surface area contributed by atoms with Crippen molar-refractivity contribution in [1.29, 1.82) is 0 Å². The first-order valence-corrected chi connectivity index (χ1v) is 6.02. The molecule has 0 saturated carbocycles. The first kappa shape index (κ1) is 12.7. The molecule has 5 nitrogen and oxygen atoms in total. The van der Waals surface area contributed by atoms with Gasteiger partial charge in [-0.3, -0.25) is 0 Å². The molecule has 2 N–H and O–H groups in total. The van der Waals surface area contributed by atoms with Crippen LogP contribution >= 0.6 is 0 Å². The molecule has 98 valence electrons. The fraction of sp³-hybridized carbons (Fsp3) is 0.462. The van der Waals surface area contributed by atoms with Crippen LogP contribution in [0.25, 0.3) is 0 Å². The van der Waals surface area contributed by atoms with E-state index >= 15 is 0 Å². The van der Waals surface area contributed by atoms with Gasteiger partial charge >= 0.3 is 5.97 Å². The summed E-state index contributed by atoms with van der Waals surface area (Å²) in [5.41, 5.74) is 6.59. The molecule has 5 heteroatoms. The van der Waals surface area contributed by atoms with Crippen LogP contribution in [-0.4, -0.2) is 31.9 Å². The second-order valence-electron chi connectivity index (χ2n) is 4.04. The SMILES string of the molecule is CCOC(=O)c1cccc(OC2CCOC2)c1N. The lowest BCUT2D eigenvalue weighted by molar-refractivity contribution is 0.0527. The van der Waals surface area contributed by atoms with Gasteiger partial charge in [0.05, 0.1) is 31.1 Å². The van der Waals surface area contributed by atoms with Crippen LogP contribution in [-0.2, 0) is 9.47 Å². The third-order valence-electron chi connectivity index (χ3n) is 2.74. The normalized spacial score (nSPS) is 18.6. The number of carbonyl (C=O) groups excluding carboxylic acids is 1. The molecule has 1 unspecified atom stereocenters. The molecule has 1 aliphatic heterocycles. The molecule has 1 fully saturated rings. The molecule has 1 saturated heterocycles. The molecule has 0 spiro atoms. The van der Waals surface area contributed by atoms with Crippen LogP contribution in [0.15, 0.2) is 18.2 Å². The smallest absolute Gasteiger partial charge is 0.340 e. The third kappa shape index (κ3) is 2.73. The number of carbonyl (C=O) groups is 1. The molecule has 1 aliphatic rings. The molecule has 0 amide bonds. The van der Waals surface area contributed by atoms with Gasteiger partial charge in [0.1, 0.15) is 11.9 Å². The maximum Gasteiger partial charge on any atom is 0.340 e. The zero-order valence-electron chi connectivity index (χ0n) is 10.3. The number of nitrogens with two attached hydrogens (primary N) is 1. The molecule has 2 rings (SSSR count). The number of ether oxygens (including phenoxy) is 3. The van der Waals surface area contributed by atoms with E-state index in [1.807, 2.05) is 0 Å². The summed E-state index contributed by atoms with van der Waals surface area (Å²) in [7, 11) is 0. The summed E-state index contributed by atoms with van der Waals surface area (Å²) in [6.07, 6.45) is 0.841. The molecule has 0 radical (unpaired) electrons. The molecular weight excluding hydrogens is 234 g/mol. The zero-order valence-corrected chi connectivity index (χ0v) is 10.3. The van der Waals surface area contributed by atoms with Gasteiger partial charge in [-0.05, 0) is 19.1 Å².